The van der Waals surface area contributed by atoms with Crippen LogP contribution in [0.3, 0.4) is 0 Å². The molecule has 0 spiro atoms. The first-order valence-electron chi connectivity index (χ1n) is 6.37. The Balaban J connectivity index is 1.85. The first-order valence-corrected chi connectivity index (χ1v) is 6.37. The number of rotatable bonds is 3. The van der Waals surface area contributed by atoms with Crippen LogP contribution in [0.25, 0.3) is 5.52 Å². The minimum Gasteiger partial charge on any atom is -0.473 e. The molecular weight excluding hydrogens is 244 g/mol. The van der Waals surface area contributed by atoms with Crippen molar-refractivity contribution in [2.24, 2.45) is 5.92 Å². The summed E-state index contributed by atoms with van der Waals surface area (Å²) in [5, 5.41) is 7.05. The monoisotopic (exact) mass is 260 g/mol. The van der Waals surface area contributed by atoms with Gasteiger partial charge in [-0.3, -0.25) is 4.79 Å². The second-order valence-electron chi connectivity index (χ2n) is 4.94. The highest BCUT2D eigenvalue weighted by Crippen LogP contribution is 2.24. The highest BCUT2D eigenvalue weighted by Gasteiger charge is 2.28. The van der Waals surface area contributed by atoms with Crippen LogP contribution >= 0.6 is 0 Å². The van der Waals surface area contributed by atoms with Crippen LogP contribution in [0.15, 0.2) is 18.6 Å². The Bertz CT molecular complexity index is 622. The minimum atomic E-state index is -0.0630. The van der Waals surface area contributed by atoms with Gasteiger partial charge in [0.2, 0.25) is 11.8 Å². The lowest BCUT2D eigenvalue weighted by Crippen LogP contribution is -2.26. The molecule has 2 aromatic rings. The van der Waals surface area contributed by atoms with E-state index in [9.17, 15) is 4.79 Å². The summed E-state index contributed by atoms with van der Waals surface area (Å²) in [7, 11) is 0. The van der Waals surface area contributed by atoms with Crippen LogP contribution in [0.4, 0.5) is 0 Å². The van der Waals surface area contributed by atoms with E-state index in [1.165, 1.54) is 0 Å². The first-order chi connectivity index (χ1) is 9.15. The molecule has 19 heavy (non-hydrogen) atoms. The van der Waals surface area contributed by atoms with Crippen molar-refractivity contribution in [2.45, 2.75) is 26.4 Å². The van der Waals surface area contributed by atoms with Gasteiger partial charge >= 0.3 is 0 Å². The van der Waals surface area contributed by atoms with E-state index < -0.39 is 0 Å². The van der Waals surface area contributed by atoms with Crippen LogP contribution in [0.2, 0.25) is 0 Å². The van der Waals surface area contributed by atoms with Crippen molar-refractivity contribution in [1.82, 2.24) is 19.9 Å². The molecule has 3 heterocycles. The summed E-state index contributed by atoms with van der Waals surface area (Å²) < 4.78 is 7.69. The third kappa shape index (κ3) is 2.14. The van der Waals surface area contributed by atoms with Gasteiger partial charge in [-0.25, -0.2) is 9.50 Å². The molecule has 6 nitrogen and oxygen atoms in total. The molecule has 1 saturated heterocycles. The average Bonchev–Trinajstić information content (AvgIpc) is 2.97. The number of ether oxygens (including phenoxy) is 1. The van der Waals surface area contributed by atoms with E-state index in [4.69, 9.17) is 4.74 Å². The number of aryl methyl sites for hydroxylation is 1. The third-order valence-electron chi connectivity index (χ3n) is 3.55. The molecule has 1 amide bonds. The fourth-order valence-corrected chi connectivity index (χ4v) is 2.37. The number of amides is 1. The van der Waals surface area contributed by atoms with Crippen LogP contribution < -0.4 is 10.1 Å². The lowest BCUT2D eigenvalue weighted by Gasteiger charge is -2.19. The molecule has 0 saturated carbocycles. The number of nitrogens with one attached hydrogen (secondary N) is 1. The summed E-state index contributed by atoms with van der Waals surface area (Å²) >= 11 is 0. The van der Waals surface area contributed by atoms with Gasteiger partial charge < -0.3 is 10.1 Å². The van der Waals surface area contributed by atoms with Gasteiger partial charge in [0, 0.05) is 36.8 Å². The van der Waals surface area contributed by atoms with Crippen molar-refractivity contribution in [3.8, 4) is 5.88 Å². The lowest BCUT2D eigenvalue weighted by molar-refractivity contribution is -0.119. The molecule has 6 heteroatoms. The molecular formula is C13H16N4O2. The van der Waals surface area contributed by atoms with E-state index in [1.54, 1.807) is 23.1 Å². The van der Waals surface area contributed by atoms with Gasteiger partial charge in [-0.05, 0) is 13.8 Å². The smallest absolute Gasteiger partial charge is 0.240 e. The Morgan fingerprint density at radius 2 is 2.42 bits per heavy atom. The van der Waals surface area contributed by atoms with Gasteiger partial charge in [-0.1, -0.05) is 0 Å². The maximum Gasteiger partial charge on any atom is 0.240 e. The van der Waals surface area contributed by atoms with Gasteiger partial charge in [-0.2, -0.15) is 5.10 Å². The highest BCUT2D eigenvalue weighted by molar-refractivity contribution is 5.78. The normalized spacial score (nSPS) is 20.5. The molecule has 0 unspecified atom stereocenters. The number of carbonyl (C=O) groups is 1. The van der Waals surface area contributed by atoms with Crippen molar-refractivity contribution >= 4 is 11.4 Å². The molecule has 0 bridgehead atoms. The zero-order chi connectivity index (χ0) is 13.4. The molecule has 1 fully saturated rings. The number of hydrogen-bond donors (Lipinski definition) is 1. The summed E-state index contributed by atoms with van der Waals surface area (Å²) in [6.45, 7) is 4.62. The number of nitrogens with zero attached hydrogens (tertiary/aromatic N) is 3. The Kier molecular flexibility index (Phi) is 2.85. The predicted molar refractivity (Wildman–Crippen MR) is 68.9 cm³/mol. The van der Waals surface area contributed by atoms with E-state index in [0.717, 1.165) is 11.1 Å². The summed E-state index contributed by atoms with van der Waals surface area (Å²) in [4.78, 5) is 15.5. The quantitative estimate of drug-likeness (QED) is 0.891. The van der Waals surface area contributed by atoms with E-state index >= 15 is 0 Å². The van der Waals surface area contributed by atoms with Gasteiger partial charge in [-0.15, -0.1) is 0 Å². The summed E-state index contributed by atoms with van der Waals surface area (Å²) in [5.41, 5.74) is 1.91. The standard InChI is InChI=1S/C13H16N4O2/c1-8-6-16-17-4-3-14-13(12(8)17)19-9(2)10-5-11(18)15-7-10/h3-4,6,9-10H,5,7H2,1-2H3,(H,15,18)/t9-,10-/m1/s1. The molecule has 1 N–H and O–H groups in total. The average molecular weight is 260 g/mol. The fraction of sp³-hybridized carbons (Fsp3) is 0.462. The molecule has 100 valence electrons. The van der Waals surface area contributed by atoms with E-state index in [1.807, 2.05) is 13.8 Å². The number of aromatic nitrogens is 3. The number of carbonyl (C=O) groups excluding carboxylic acids is 1. The molecule has 1 aliphatic rings. The van der Waals surface area contributed by atoms with Crippen LogP contribution in [0, 0.1) is 12.8 Å². The maximum absolute atomic E-state index is 11.2. The van der Waals surface area contributed by atoms with Crippen molar-refractivity contribution in [3.63, 3.8) is 0 Å². The topological polar surface area (TPSA) is 68.5 Å². The minimum absolute atomic E-state index is 0.0630. The maximum atomic E-state index is 11.2. The molecule has 0 aliphatic carbocycles. The summed E-state index contributed by atoms with van der Waals surface area (Å²) in [6.07, 6.45) is 5.70. The lowest BCUT2D eigenvalue weighted by atomic mass is 10.0. The van der Waals surface area contributed by atoms with Crippen molar-refractivity contribution in [1.29, 1.82) is 0 Å². The van der Waals surface area contributed by atoms with Crippen LogP contribution in [-0.2, 0) is 4.79 Å². The Hall–Kier alpha value is -2.11. The second-order valence-corrected chi connectivity index (χ2v) is 4.94. The summed E-state index contributed by atoms with van der Waals surface area (Å²) in [5.74, 6) is 0.856. The molecule has 2 atom stereocenters. The Morgan fingerprint density at radius 3 is 3.16 bits per heavy atom. The largest absolute Gasteiger partial charge is 0.473 e. The Morgan fingerprint density at radius 1 is 1.58 bits per heavy atom. The SMILES string of the molecule is Cc1cnn2ccnc(O[C@H](C)[C@H]3CNC(=O)C3)c12. The van der Waals surface area contributed by atoms with Crippen molar-refractivity contribution in [2.75, 3.05) is 6.54 Å². The molecule has 0 radical (unpaired) electrons. The summed E-state index contributed by atoms with van der Waals surface area (Å²) in [6, 6.07) is 0. The van der Waals surface area contributed by atoms with Crippen LogP contribution in [-0.4, -0.2) is 33.2 Å². The molecule has 3 rings (SSSR count). The number of fused-ring (bicyclic) bond motifs is 1. The van der Waals surface area contributed by atoms with Crippen molar-refractivity contribution in [3.05, 3.63) is 24.2 Å². The Labute approximate surface area is 110 Å². The second kappa shape index (κ2) is 4.53. The molecule has 2 aromatic heterocycles. The molecule has 0 aromatic carbocycles. The fourth-order valence-electron chi connectivity index (χ4n) is 2.37. The van der Waals surface area contributed by atoms with E-state index in [-0.39, 0.29) is 17.9 Å². The van der Waals surface area contributed by atoms with Crippen LogP contribution in [0.5, 0.6) is 5.88 Å². The zero-order valence-corrected chi connectivity index (χ0v) is 11.0. The van der Waals surface area contributed by atoms with Crippen LogP contribution in [0.1, 0.15) is 18.9 Å². The van der Waals surface area contributed by atoms with Gasteiger partial charge in [0.25, 0.3) is 0 Å². The van der Waals surface area contributed by atoms with E-state index in [0.29, 0.717) is 18.8 Å². The number of hydrogen-bond acceptors (Lipinski definition) is 4. The predicted octanol–water partition coefficient (Wildman–Crippen LogP) is 0.941. The van der Waals surface area contributed by atoms with Gasteiger partial charge in [0.05, 0.1) is 6.20 Å². The van der Waals surface area contributed by atoms with E-state index in [2.05, 4.69) is 15.4 Å². The highest BCUT2D eigenvalue weighted by atomic mass is 16.5. The van der Waals surface area contributed by atoms with Crippen molar-refractivity contribution < 1.29 is 9.53 Å². The van der Waals surface area contributed by atoms with Gasteiger partial charge in [0.15, 0.2) is 0 Å². The van der Waals surface area contributed by atoms with Gasteiger partial charge in [0.1, 0.15) is 11.6 Å². The third-order valence-corrected chi connectivity index (χ3v) is 3.55. The zero-order valence-electron chi connectivity index (χ0n) is 11.0. The molecule has 1 aliphatic heterocycles. The first kappa shape index (κ1) is 12.0.